The van der Waals surface area contributed by atoms with E-state index in [4.69, 9.17) is 9.15 Å². The molecule has 1 aromatic carbocycles. The van der Waals surface area contributed by atoms with Gasteiger partial charge in [0.1, 0.15) is 17.8 Å². The number of hydrogen-bond acceptors (Lipinski definition) is 4. The molecule has 1 aromatic heterocycles. The minimum Gasteiger partial charge on any atom is -0.484 e. The van der Waals surface area contributed by atoms with Gasteiger partial charge in [-0.25, -0.2) is 9.37 Å². The molecule has 122 valence electrons. The first-order valence-corrected chi connectivity index (χ1v) is 7.74. The van der Waals surface area contributed by atoms with E-state index in [1.807, 2.05) is 4.90 Å². The van der Waals surface area contributed by atoms with E-state index in [-0.39, 0.29) is 18.3 Å². The van der Waals surface area contributed by atoms with Gasteiger partial charge in [0.2, 0.25) is 5.89 Å². The van der Waals surface area contributed by atoms with Gasteiger partial charge in [-0.1, -0.05) is 6.92 Å². The number of hydrogen-bond donors (Lipinski definition) is 0. The molecule has 0 spiro atoms. The van der Waals surface area contributed by atoms with Gasteiger partial charge in [0.05, 0.1) is 0 Å². The minimum absolute atomic E-state index is 0.0926. The summed E-state index contributed by atoms with van der Waals surface area (Å²) in [5.74, 6) is 0.927. The highest BCUT2D eigenvalue weighted by atomic mass is 19.1. The molecule has 1 aliphatic heterocycles. The van der Waals surface area contributed by atoms with Gasteiger partial charge in [0.25, 0.3) is 5.91 Å². The maximum absolute atomic E-state index is 12.8. The monoisotopic (exact) mass is 318 g/mol. The second-order valence-corrected chi connectivity index (χ2v) is 5.87. The van der Waals surface area contributed by atoms with E-state index in [1.54, 1.807) is 0 Å². The predicted octanol–water partition coefficient (Wildman–Crippen LogP) is 3.26. The van der Waals surface area contributed by atoms with Crippen LogP contribution < -0.4 is 4.74 Å². The van der Waals surface area contributed by atoms with Crippen molar-refractivity contribution in [1.82, 2.24) is 9.88 Å². The standard InChI is InChI=1S/C17H19FN2O3/c1-12-3-2-8-20(9-12)17(21)15-10-23-16(19-15)11-22-14-6-4-13(18)5-7-14/h4-7,10,12H,2-3,8-9,11H2,1H3. The number of aromatic nitrogens is 1. The van der Waals surface area contributed by atoms with Crippen molar-refractivity contribution in [2.75, 3.05) is 13.1 Å². The summed E-state index contributed by atoms with van der Waals surface area (Å²) in [5, 5.41) is 0. The summed E-state index contributed by atoms with van der Waals surface area (Å²) < 4.78 is 23.6. The van der Waals surface area contributed by atoms with E-state index in [0.29, 0.717) is 23.3 Å². The third-order valence-electron chi connectivity index (χ3n) is 3.89. The molecular formula is C17H19FN2O3. The molecule has 0 bridgehead atoms. The molecule has 5 nitrogen and oxygen atoms in total. The fraction of sp³-hybridized carbons (Fsp3) is 0.412. The van der Waals surface area contributed by atoms with Crippen LogP contribution in [0.5, 0.6) is 5.75 Å². The number of carbonyl (C=O) groups is 1. The van der Waals surface area contributed by atoms with Crippen LogP contribution in [0.4, 0.5) is 4.39 Å². The lowest BCUT2D eigenvalue weighted by atomic mass is 10.0. The topological polar surface area (TPSA) is 55.6 Å². The van der Waals surface area contributed by atoms with E-state index < -0.39 is 0 Å². The Kier molecular flexibility index (Phi) is 4.60. The van der Waals surface area contributed by atoms with Gasteiger partial charge < -0.3 is 14.1 Å². The van der Waals surface area contributed by atoms with E-state index in [2.05, 4.69) is 11.9 Å². The van der Waals surface area contributed by atoms with Crippen molar-refractivity contribution < 1.29 is 18.3 Å². The van der Waals surface area contributed by atoms with Gasteiger partial charge in [-0.05, 0) is 43.0 Å². The molecule has 6 heteroatoms. The number of benzene rings is 1. The number of piperidine rings is 1. The van der Waals surface area contributed by atoms with Crippen LogP contribution in [0.2, 0.25) is 0 Å². The highest BCUT2D eigenvalue weighted by molar-refractivity contribution is 5.92. The normalized spacial score (nSPS) is 18.0. The Hall–Kier alpha value is -2.37. The van der Waals surface area contributed by atoms with Gasteiger partial charge in [0, 0.05) is 13.1 Å². The Morgan fingerprint density at radius 3 is 2.96 bits per heavy atom. The average molecular weight is 318 g/mol. The van der Waals surface area contributed by atoms with Crippen LogP contribution in [0.1, 0.15) is 36.1 Å². The molecule has 1 aliphatic rings. The summed E-state index contributed by atoms with van der Waals surface area (Å²) in [7, 11) is 0. The van der Waals surface area contributed by atoms with Crippen LogP contribution in [0, 0.1) is 11.7 Å². The molecule has 23 heavy (non-hydrogen) atoms. The molecule has 0 radical (unpaired) electrons. The first kappa shape index (κ1) is 15.5. The Morgan fingerprint density at radius 1 is 1.43 bits per heavy atom. The SMILES string of the molecule is CC1CCCN(C(=O)c2coc(COc3ccc(F)cc3)n2)C1. The van der Waals surface area contributed by atoms with Crippen LogP contribution in [0.25, 0.3) is 0 Å². The van der Waals surface area contributed by atoms with Crippen LogP contribution in [-0.4, -0.2) is 28.9 Å². The summed E-state index contributed by atoms with van der Waals surface area (Å²) in [6.45, 7) is 3.75. The van der Waals surface area contributed by atoms with E-state index >= 15 is 0 Å². The van der Waals surface area contributed by atoms with Crippen LogP contribution in [0.15, 0.2) is 34.9 Å². The van der Waals surface area contributed by atoms with E-state index in [9.17, 15) is 9.18 Å². The zero-order chi connectivity index (χ0) is 16.2. The maximum atomic E-state index is 12.8. The zero-order valence-corrected chi connectivity index (χ0v) is 13.0. The number of carbonyl (C=O) groups excluding carboxylic acids is 1. The predicted molar refractivity (Wildman–Crippen MR) is 81.5 cm³/mol. The number of halogens is 1. The molecule has 2 aromatic rings. The molecule has 1 unspecified atom stereocenters. The van der Waals surface area contributed by atoms with E-state index in [1.165, 1.54) is 30.5 Å². The van der Waals surface area contributed by atoms with Gasteiger partial charge >= 0.3 is 0 Å². The Labute approximate surface area is 134 Å². The largest absolute Gasteiger partial charge is 0.484 e. The molecule has 1 amide bonds. The second kappa shape index (κ2) is 6.81. The summed E-state index contributed by atoms with van der Waals surface area (Å²) in [4.78, 5) is 18.4. The Morgan fingerprint density at radius 2 is 2.22 bits per heavy atom. The first-order valence-electron chi connectivity index (χ1n) is 7.74. The van der Waals surface area contributed by atoms with Crippen molar-refractivity contribution in [2.45, 2.75) is 26.4 Å². The summed E-state index contributed by atoms with van der Waals surface area (Å²) in [6, 6.07) is 5.69. The molecular weight excluding hydrogens is 299 g/mol. The molecule has 1 atom stereocenters. The number of nitrogens with zero attached hydrogens (tertiary/aromatic N) is 2. The third-order valence-corrected chi connectivity index (χ3v) is 3.89. The number of amides is 1. The second-order valence-electron chi connectivity index (χ2n) is 5.87. The Bertz CT molecular complexity index is 669. The number of likely N-dealkylation sites (tertiary alicyclic amines) is 1. The quantitative estimate of drug-likeness (QED) is 0.868. The maximum Gasteiger partial charge on any atom is 0.275 e. The van der Waals surface area contributed by atoms with Crippen molar-refractivity contribution in [3.05, 3.63) is 47.9 Å². The number of rotatable bonds is 4. The zero-order valence-electron chi connectivity index (χ0n) is 13.0. The van der Waals surface area contributed by atoms with Crippen molar-refractivity contribution >= 4 is 5.91 Å². The van der Waals surface area contributed by atoms with Gasteiger partial charge in [-0.15, -0.1) is 0 Å². The lowest BCUT2D eigenvalue weighted by molar-refractivity contribution is 0.0677. The van der Waals surface area contributed by atoms with Crippen molar-refractivity contribution in [3.8, 4) is 5.75 Å². The van der Waals surface area contributed by atoms with Crippen molar-refractivity contribution in [1.29, 1.82) is 0 Å². The van der Waals surface area contributed by atoms with Gasteiger partial charge in [-0.2, -0.15) is 0 Å². The fourth-order valence-electron chi connectivity index (χ4n) is 2.69. The van der Waals surface area contributed by atoms with Crippen LogP contribution >= 0.6 is 0 Å². The molecule has 1 fully saturated rings. The first-order chi connectivity index (χ1) is 11.1. The molecule has 3 rings (SSSR count). The Balaban J connectivity index is 1.59. The lowest BCUT2D eigenvalue weighted by Crippen LogP contribution is -2.39. The lowest BCUT2D eigenvalue weighted by Gasteiger charge is -2.30. The average Bonchev–Trinajstić information content (AvgIpc) is 3.02. The number of ether oxygens (including phenoxy) is 1. The highest BCUT2D eigenvalue weighted by Gasteiger charge is 2.24. The summed E-state index contributed by atoms with van der Waals surface area (Å²) in [5.41, 5.74) is 0.303. The van der Waals surface area contributed by atoms with Gasteiger partial charge in [-0.3, -0.25) is 4.79 Å². The smallest absolute Gasteiger partial charge is 0.275 e. The summed E-state index contributed by atoms with van der Waals surface area (Å²) in [6.07, 6.45) is 3.54. The van der Waals surface area contributed by atoms with Crippen LogP contribution in [-0.2, 0) is 6.61 Å². The van der Waals surface area contributed by atoms with Gasteiger partial charge in [0.15, 0.2) is 12.3 Å². The molecule has 0 aliphatic carbocycles. The third kappa shape index (κ3) is 3.88. The fourth-order valence-corrected chi connectivity index (χ4v) is 2.69. The minimum atomic E-state index is -0.322. The molecule has 2 heterocycles. The van der Waals surface area contributed by atoms with Crippen molar-refractivity contribution in [3.63, 3.8) is 0 Å². The number of oxazole rings is 1. The van der Waals surface area contributed by atoms with Crippen LogP contribution in [0.3, 0.4) is 0 Å². The molecule has 0 saturated carbocycles. The molecule has 0 N–H and O–H groups in total. The summed E-state index contributed by atoms with van der Waals surface area (Å²) >= 11 is 0. The van der Waals surface area contributed by atoms with Crippen molar-refractivity contribution in [2.24, 2.45) is 5.92 Å². The van der Waals surface area contributed by atoms with E-state index in [0.717, 1.165) is 25.9 Å². The molecule has 1 saturated heterocycles. The highest BCUT2D eigenvalue weighted by Crippen LogP contribution is 2.18.